The molecule has 0 atom stereocenters. The molecule has 3 aromatic rings. The fourth-order valence-corrected chi connectivity index (χ4v) is 1.72. The summed E-state index contributed by atoms with van der Waals surface area (Å²) < 4.78 is 1.48. The summed E-state index contributed by atoms with van der Waals surface area (Å²) >= 11 is 0. The number of aromatic nitrogens is 3. The number of rotatable bonds is 2. The molecule has 1 aromatic carbocycles. The Hall–Kier alpha value is -2.69. The van der Waals surface area contributed by atoms with Crippen molar-refractivity contribution < 1.29 is 9.90 Å². The zero-order valence-electron chi connectivity index (χ0n) is 9.32. The summed E-state index contributed by atoms with van der Waals surface area (Å²) in [6, 6.07) is 12.7. The van der Waals surface area contributed by atoms with Gasteiger partial charge in [-0.3, -0.25) is 0 Å². The molecule has 2 heterocycles. The molecular formula is C13H9N3O2. The van der Waals surface area contributed by atoms with E-state index in [0.717, 1.165) is 5.56 Å². The van der Waals surface area contributed by atoms with E-state index in [1.165, 1.54) is 16.8 Å². The third-order valence-electron chi connectivity index (χ3n) is 2.61. The lowest BCUT2D eigenvalue weighted by Crippen LogP contribution is -1.99. The highest BCUT2D eigenvalue weighted by Gasteiger charge is 2.08. The Morgan fingerprint density at radius 2 is 1.89 bits per heavy atom. The van der Waals surface area contributed by atoms with Crippen LogP contribution in [0.2, 0.25) is 0 Å². The van der Waals surface area contributed by atoms with E-state index in [0.29, 0.717) is 11.5 Å². The van der Waals surface area contributed by atoms with Crippen LogP contribution in [0, 0.1) is 0 Å². The minimum Gasteiger partial charge on any atom is -0.478 e. The largest absolute Gasteiger partial charge is 0.478 e. The normalized spacial score (nSPS) is 10.7. The van der Waals surface area contributed by atoms with E-state index in [2.05, 4.69) is 10.1 Å². The Morgan fingerprint density at radius 1 is 1.11 bits per heavy atom. The Bertz CT molecular complexity index is 719. The predicted molar refractivity (Wildman–Crippen MR) is 65.4 cm³/mol. The fourth-order valence-electron chi connectivity index (χ4n) is 1.72. The van der Waals surface area contributed by atoms with Crippen LogP contribution in [-0.2, 0) is 0 Å². The Kier molecular flexibility index (Phi) is 2.30. The first-order valence-electron chi connectivity index (χ1n) is 5.39. The van der Waals surface area contributed by atoms with E-state index in [-0.39, 0.29) is 5.56 Å². The van der Waals surface area contributed by atoms with E-state index < -0.39 is 5.97 Å². The van der Waals surface area contributed by atoms with Crippen molar-refractivity contribution in [1.82, 2.24) is 14.6 Å². The number of aromatic carboxylic acids is 1. The van der Waals surface area contributed by atoms with E-state index in [4.69, 9.17) is 5.11 Å². The second kappa shape index (κ2) is 3.96. The van der Waals surface area contributed by atoms with Crippen molar-refractivity contribution in [3.05, 3.63) is 54.2 Å². The van der Waals surface area contributed by atoms with Gasteiger partial charge in [-0.2, -0.15) is 0 Å². The molecule has 88 valence electrons. The molecule has 0 saturated heterocycles. The first-order valence-corrected chi connectivity index (χ1v) is 5.39. The maximum atomic E-state index is 10.9. The number of nitrogens with zero attached hydrogens (tertiary/aromatic N) is 3. The predicted octanol–water partition coefficient (Wildman–Crippen LogP) is 2.09. The highest BCUT2D eigenvalue weighted by molar-refractivity contribution is 5.87. The second-order valence-corrected chi connectivity index (χ2v) is 3.83. The number of hydrogen-bond acceptors (Lipinski definition) is 3. The molecule has 0 fully saturated rings. The lowest BCUT2D eigenvalue weighted by atomic mass is 10.2. The lowest BCUT2D eigenvalue weighted by Gasteiger charge is -1.94. The zero-order valence-corrected chi connectivity index (χ0v) is 9.32. The van der Waals surface area contributed by atoms with Crippen LogP contribution < -0.4 is 0 Å². The first kappa shape index (κ1) is 10.5. The Balaban J connectivity index is 2.14. The summed E-state index contributed by atoms with van der Waals surface area (Å²) in [6.07, 6.45) is 1.46. The molecule has 0 unspecified atom stereocenters. The smallest absolute Gasteiger partial charge is 0.337 e. The summed E-state index contributed by atoms with van der Waals surface area (Å²) in [5.41, 5.74) is 1.71. The summed E-state index contributed by atoms with van der Waals surface area (Å²) in [6.45, 7) is 0. The van der Waals surface area contributed by atoms with Gasteiger partial charge in [-0.1, -0.05) is 30.3 Å². The molecule has 3 rings (SSSR count). The third-order valence-corrected chi connectivity index (χ3v) is 2.61. The van der Waals surface area contributed by atoms with Crippen molar-refractivity contribution >= 4 is 11.6 Å². The van der Waals surface area contributed by atoms with Crippen LogP contribution in [0.25, 0.3) is 17.0 Å². The second-order valence-electron chi connectivity index (χ2n) is 3.83. The van der Waals surface area contributed by atoms with Gasteiger partial charge in [0.05, 0.1) is 5.56 Å². The van der Waals surface area contributed by atoms with Gasteiger partial charge in [0.1, 0.15) is 0 Å². The third kappa shape index (κ3) is 1.71. The van der Waals surface area contributed by atoms with Crippen LogP contribution in [0.15, 0.2) is 48.7 Å². The van der Waals surface area contributed by atoms with Crippen molar-refractivity contribution in [2.24, 2.45) is 0 Å². The molecule has 0 aliphatic carbocycles. The first-order chi connectivity index (χ1) is 8.74. The van der Waals surface area contributed by atoms with Crippen molar-refractivity contribution in [3.63, 3.8) is 0 Å². The average Bonchev–Trinajstić information content (AvgIpc) is 2.82. The van der Waals surface area contributed by atoms with Crippen molar-refractivity contribution in [3.8, 4) is 11.4 Å². The standard InChI is InChI=1S/C13H9N3O2/c17-13(18)10-6-7-11-14-12(15-16(11)8-10)9-4-2-1-3-5-9/h1-8H,(H,17,18). The molecule has 0 aliphatic heterocycles. The van der Waals surface area contributed by atoms with Gasteiger partial charge in [-0.05, 0) is 12.1 Å². The van der Waals surface area contributed by atoms with E-state index in [9.17, 15) is 4.79 Å². The molecule has 0 amide bonds. The fraction of sp³-hybridized carbons (Fsp3) is 0. The monoisotopic (exact) mass is 239 g/mol. The number of carboxylic acids is 1. The number of carboxylic acid groups (broad SMARTS) is 1. The molecule has 5 nitrogen and oxygen atoms in total. The van der Waals surface area contributed by atoms with Crippen molar-refractivity contribution in [1.29, 1.82) is 0 Å². The molecule has 0 saturated carbocycles. The van der Waals surface area contributed by atoms with Crippen LogP contribution in [0.1, 0.15) is 10.4 Å². The molecule has 1 N–H and O–H groups in total. The quantitative estimate of drug-likeness (QED) is 0.743. The molecule has 0 bridgehead atoms. The summed E-state index contributed by atoms with van der Waals surface area (Å²) in [4.78, 5) is 15.2. The van der Waals surface area contributed by atoms with Crippen LogP contribution in [0.4, 0.5) is 0 Å². The van der Waals surface area contributed by atoms with Gasteiger partial charge in [-0.25, -0.2) is 14.3 Å². The highest BCUT2D eigenvalue weighted by atomic mass is 16.4. The van der Waals surface area contributed by atoms with Crippen LogP contribution in [0.5, 0.6) is 0 Å². The van der Waals surface area contributed by atoms with Gasteiger partial charge < -0.3 is 5.11 Å². The molecule has 5 heteroatoms. The molecule has 2 aromatic heterocycles. The van der Waals surface area contributed by atoms with Gasteiger partial charge in [0.25, 0.3) is 0 Å². The Labute approximate surface area is 102 Å². The van der Waals surface area contributed by atoms with Crippen LogP contribution >= 0.6 is 0 Å². The van der Waals surface area contributed by atoms with Gasteiger partial charge >= 0.3 is 5.97 Å². The van der Waals surface area contributed by atoms with Crippen molar-refractivity contribution in [2.45, 2.75) is 0 Å². The topological polar surface area (TPSA) is 67.5 Å². The summed E-state index contributed by atoms with van der Waals surface area (Å²) in [5, 5.41) is 13.2. The van der Waals surface area contributed by atoms with Gasteiger partial charge in [-0.15, -0.1) is 5.10 Å². The minimum absolute atomic E-state index is 0.187. The molecule has 18 heavy (non-hydrogen) atoms. The number of carbonyl (C=O) groups is 1. The van der Waals surface area contributed by atoms with Gasteiger partial charge in [0.2, 0.25) is 0 Å². The van der Waals surface area contributed by atoms with Gasteiger partial charge in [0.15, 0.2) is 11.5 Å². The average molecular weight is 239 g/mol. The summed E-state index contributed by atoms with van der Waals surface area (Å²) in [7, 11) is 0. The van der Waals surface area contributed by atoms with Crippen LogP contribution in [0.3, 0.4) is 0 Å². The molecule has 0 spiro atoms. The maximum absolute atomic E-state index is 10.9. The highest BCUT2D eigenvalue weighted by Crippen LogP contribution is 2.15. The number of pyridine rings is 1. The van der Waals surface area contributed by atoms with Gasteiger partial charge in [0, 0.05) is 11.8 Å². The van der Waals surface area contributed by atoms with E-state index in [1.54, 1.807) is 6.07 Å². The van der Waals surface area contributed by atoms with E-state index >= 15 is 0 Å². The van der Waals surface area contributed by atoms with E-state index in [1.807, 2.05) is 30.3 Å². The molecule has 0 aliphatic rings. The molecular weight excluding hydrogens is 230 g/mol. The maximum Gasteiger partial charge on any atom is 0.337 e. The Morgan fingerprint density at radius 3 is 2.61 bits per heavy atom. The lowest BCUT2D eigenvalue weighted by molar-refractivity contribution is 0.0696. The SMILES string of the molecule is O=C(O)c1ccc2nc(-c3ccccc3)nn2c1. The molecule has 0 radical (unpaired) electrons. The number of hydrogen-bond donors (Lipinski definition) is 1. The number of benzene rings is 1. The minimum atomic E-state index is -0.978. The van der Waals surface area contributed by atoms with Crippen molar-refractivity contribution in [2.75, 3.05) is 0 Å². The number of fused-ring (bicyclic) bond motifs is 1. The summed E-state index contributed by atoms with van der Waals surface area (Å²) in [5.74, 6) is -0.396. The zero-order chi connectivity index (χ0) is 12.5. The van der Waals surface area contributed by atoms with Crippen LogP contribution in [-0.4, -0.2) is 25.7 Å².